The van der Waals surface area contributed by atoms with Crippen molar-refractivity contribution in [2.24, 2.45) is 0 Å². The van der Waals surface area contributed by atoms with E-state index in [1.807, 2.05) is 0 Å². The van der Waals surface area contributed by atoms with Gasteiger partial charge < -0.3 is 5.32 Å². The van der Waals surface area contributed by atoms with Crippen LogP contribution in [0.5, 0.6) is 0 Å². The highest BCUT2D eigenvalue weighted by atomic mass is 15.0. The number of nitrogens with one attached hydrogen (secondary N) is 1. The molecule has 1 N–H and O–H groups in total. The molecule has 0 heterocycles. The molecule has 68 valence electrons. The van der Waals surface area contributed by atoms with Crippen LogP contribution in [0.1, 0.15) is 53.4 Å². The van der Waals surface area contributed by atoms with Gasteiger partial charge in [0.25, 0.3) is 0 Å². The normalized spacial score (nSPS) is 12.0. The van der Waals surface area contributed by atoms with Gasteiger partial charge >= 0.3 is 0 Å². The monoisotopic (exact) mass is 157 g/mol. The number of hydrogen-bond donors (Lipinski definition) is 1. The van der Waals surface area contributed by atoms with Crippen LogP contribution in [0.2, 0.25) is 0 Å². The number of hydrogen-bond acceptors (Lipinski definition) is 1. The van der Waals surface area contributed by atoms with E-state index in [2.05, 4.69) is 33.0 Å². The zero-order chi connectivity index (χ0) is 8.74. The van der Waals surface area contributed by atoms with Crippen molar-refractivity contribution in [1.82, 2.24) is 5.32 Å². The van der Waals surface area contributed by atoms with Crippen LogP contribution in [-0.4, -0.2) is 12.1 Å². The standard InChI is InChI=1S/C10H23N/c1-5-9-10(6-2,7-3)11-8-4/h11H,5-9H2,1-4H3. The minimum atomic E-state index is 0.434. The van der Waals surface area contributed by atoms with E-state index in [4.69, 9.17) is 0 Å². The highest BCUT2D eigenvalue weighted by Gasteiger charge is 2.22. The van der Waals surface area contributed by atoms with Crippen molar-refractivity contribution < 1.29 is 0 Å². The van der Waals surface area contributed by atoms with Gasteiger partial charge in [-0.1, -0.05) is 34.1 Å². The molecule has 0 aliphatic carbocycles. The van der Waals surface area contributed by atoms with E-state index < -0.39 is 0 Å². The Labute approximate surface area is 71.6 Å². The molecule has 0 bridgehead atoms. The topological polar surface area (TPSA) is 12.0 Å². The average molecular weight is 157 g/mol. The molecule has 0 unspecified atom stereocenters. The van der Waals surface area contributed by atoms with Crippen LogP contribution in [0.4, 0.5) is 0 Å². The summed E-state index contributed by atoms with van der Waals surface area (Å²) in [5.41, 5.74) is 0.434. The first kappa shape index (κ1) is 11.0. The van der Waals surface area contributed by atoms with Crippen LogP contribution in [0.25, 0.3) is 0 Å². The lowest BCUT2D eigenvalue weighted by Gasteiger charge is -2.32. The summed E-state index contributed by atoms with van der Waals surface area (Å²) in [6.45, 7) is 10.1. The van der Waals surface area contributed by atoms with E-state index in [9.17, 15) is 0 Å². The molecule has 0 amide bonds. The summed E-state index contributed by atoms with van der Waals surface area (Å²) < 4.78 is 0. The lowest BCUT2D eigenvalue weighted by molar-refractivity contribution is 0.283. The predicted molar refractivity (Wildman–Crippen MR) is 51.9 cm³/mol. The Bertz CT molecular complexity index is 76.9. The summed E-state index contributed by atoms with van der Waals surface area (Å²) in [5, 5.41) is 3.60. The van der Waals surface area contributed by atoms with E-state index in [1.54, 1.807) is 0 Å². The molecule has 0 aliphatic heterocycles. The Morgan fingerprint density at radius 1 is 1.00 bits per heavy atom. The van der Waals surface area contributed by atoms with Crippen molar-refractivity contribution in [3.63, 3.8) is 0 Å². The van der Waals surface area contributed by atoms with Gasteiger partial charge in [-0.3, -0.25) is 0 Å². The Balaban J connectivity index is 3.96. The van der Waals surface area contributed by atoms with Crippen LogP contribution in [0, 0.1) is 0 Å². The summed E-state index contributed by atoms with van der Waals surface area (Å²) in [4.78, 5) is 0. The first-order valence-electron chi connectivity index (χ1n) is 4.99. The molecule has 0 saturated carbocycles. The molecule has 11 heavy (non-hydrogen) atoms. The third kappa shape index (κ3) is 3.24. The van der Waals surface area contributed by atoms with Crippen molar-refractivity contribution in [2.75, 3.05) is 6.54 Å². The average Bonchev–Trinajstić information content (AvgIpc) is 2.04. The van der Waals surface area contributed by atoms with Gasteiger partial charge in [-0.2, -0.15) is 0 Å². The Morgan fingerprint density at radius 2 is 1.55 bits per heavy atom. The highest BCUT2D eigenvalue weighted by Crippen LogP contribution is 2.20. The maximum Gasteiger partial charge on any atom is 0.0176 e. The van der Waals surface area contributed by atoms with Gasteiger partial charge in [0.05, 0.1) is 0 Å². The molecule has 0 aromatic rings. The molecule has 0 aromatic heterocycles. The fourth-order valence-electron chi connectivity index (χ4n) is 1.80. The molecule has 0 aromatic carbocycles. The molecular formula is C10H23N. The smallest absolute Gasteiger partial charge is 0.0176 e. The van der Waals surface area contributed by atoms with Gasteiger partial charge in [-0.15, -0.1) is 0 Å². The van der Waals surface area contributed by atoms with Crippen LogP contribution < -0.4 is 5.32 Å². The third-order valence-electron chi connectivity index (χ3n) is 2.63. The summed E-state index contributed by atoms with van der Waals surface area (Å²) in [6, 6.07) is 0. The molecule has 0 fully saturated rings. The molecule has 0 saturated heterocycles. The minimum absolute atomic E-state index is 0.434. The van der Waals surface area contributed by atoms with Crippen molar-refractivity contribution in [2.45, 2.75) is 58.9 Å². The first-order valence-corrected chi connectivity index (χ1v) is 4.99. The SMILES string of the molecule is CCCC(CC)(CC)NCC. The van der Waals surface area contributed by atoms with Gasteiger partial charge in [0.15, 0.2) is 0 Å². The summed E-state index contributed by atoms with van der Waals surface area (Å²) >= 11 is 0. The van der Waals surface area contributed by atoms with Gasteiger partial charge in [0, 0.05) is 5.54 Å². The lowest BCUT2D eigenvalue weighted by Crippen LogP contribution is -2.43. The predicted octanol–water partition coefficient (Wildman–Crippen LogP) is 2.95. The highest BCUT2D eigenvalue weighted by molar-refractivity contribution is 4.83. The van der Waals surface area contributed by atoms with Crippen molar-refractivity contribution in [3.05, 3.63) is 0 Å². The molecule has 1 nitrogen and oxygen atoms in total. The van der Waals surface area contributed by atoms with E-state index in [0.29, 0.717) is 5.54 Å². The van der Waals surface area contributed by atoms with E-state index in [1.165, 1.54) is 25.7 Å². The van der Waals surface area contributed by atoms with E-state index in [0.717, 1.165) is 6.54 Å². The van der Waals surface area contributed by atoms with Crippen molar-refractivity contribution in [1.29, 1.82) is 0 Å². The van der Waals surface area contributed by atoms with Gasteiger partial charge in [0.2, 0.25) is 0 Å². The van der Waals surface area contributed by atoms with E-state index >= 15 is 0 Å². The second-order valence-corrected chi connectivity index (χ2v) is 3.27. The maximum atomic E-state index is 3.60. The summed E-state index contributed by atoms with van der Waals surface area (Å²) in [6.07, 6.45) is 5.11. The largest absolute Gasteiger partial charge is 0.312 e. The molecule has 0 spiro atoms. The van der Waals surface area contributed by atoms with Gasteiger partial charge in [-0.25, -0.2) is 0 Å². The van der Waals surface area contributed by atoms with Crippen molar-refractivity contribution >= 4 is 0 Å². The number of rotatable bonds is 6. The summed E-state index contributed by atoms with van der Waals surface area (Å²) in [7, 11) is 0. The Morgan fingerprint density at radius 3 is 1.82 bits per heavy atom. The van der Waals surface area contributed by atoms with Crippen LogP contribution in [0.3, 0.4) is 0 Å². The molecule has 0 atom stereocenters. The molecular weight excluding hydrogens is 134 g/mol. The lowest BCUT2D eigenvalue weighted by atomic mass is 9.88. The Kier molecular flexibility index (Phi) is 5.57. The quantitative estimate of drug-likeness (QED) is 0.625. The first-order chi connectivity index (χ1) is 5.24. The molecule has 0 aliphatic rings. The zero-order valence-electron chi connectivity index (χ0n) is 8.54. The van der Waals surface area contributed by atoms with Gasteiger partial charge in [0.1, 0.15) is 0 Å². The van der Waals surface area contributed by atoms with Crippen LogP contribution in [0.15, 0.2) is 0 Å². The second-order valence-electron chi connectivity index (χ2n) is 3.27. The fraction of sp³-hybridized carbons (Fsp3) is 1.00. The fourth-order valence-corrected chi connectivity index (χ4v) is 1.80. The minimum Gasteiger partial charge on any atom is -0.312 e. The summed E-state index contributed by atoms with van der Waals surface area (Å²) in [5.74, 6) is 0. The maximum absolute atomic E-state index is 3.60. The molecule has 1 heteroatoms. The van der Waals surface area contributed by atoms with Gasteiger partial charge in [-0.05, 0) is 25.8 Å². The molecule has 0 rings (SSSR count). The van der Waals surface area contributed by atoms with Crippen LogP contribution >= 0.6 is 0 Å². The molecule has 0 radical (unpaired) electrons. The second kappa shape index (κ2) is 5.59. The van der Waals surface area contributed by atoms with Crippen LogP contribution in [-0.2, 0) is 0 Å². The zero-order valence-corrected chi connectivity index (χ0v) is 8.54. The Hall–Kier alpha value is -0.0400. The third-order valence-corrected chi connectivity index (χ3v) is 2.63. The van der Waals surface area contributed by atoms with Crippen molar-refractivity contribution in [3.8, 4) is 0 Å². The van der Waals surface area contributed by atoms with E-state index in [-0.39, 0.29) is 0 Å².